The van der Waals surface area contributed by atoms with Crippen LogP contribution in [0.2, 0.25) is 0 Å². The molecule has 5 rings (SSSR count). The fourth-order valence-corrected chi connectivity index (χ4v) is 4.90. The highest BCUT2D eigenvalue weighted by Gasteiger charge is 2.28. The topological polar surface area (TPSA) is 93.3 Å². The van der Waals surface area contributed by atoms with Crippen molar-refractivity contribution in [2.45, 2.75) is 45.1 Å². The van der Waals surface area contributed by atoms with Crippen LogP contribution in [-0.4, -0.2) is 25.0 Å². The van der Waals surface area contributed by atoms with E-state index in [9.17, 15) is 9.90 Å². The number of ether oxygens (including phenoxy) is 2. The van der Waals surface area contributed by atoms with Crippen molar-refractivity contribution in [3.63, 3.8) is 0 Å². The number of fused-ring (bicyclic) bond motifs is 3. The summed E-state index contributed by atoms with van der Waals surface area (Å²) in [5, 5.41) is 16.6. The van der Waals surface area contributed by atoms with Gasteiger partial charge in [0.15, 0.2) is 0 Å². The molecule has 0 bridgehead atoms. The molecule has 2 N–H and O–H groups in total. The first-order valence-corrected chi connectivity index (χ1v) is 10.9. The molecule has 7 nitrogen and oxygen atoms in total. The number of phenolic OH excluding ortho intramolecular Hbond substituents is 1. The Morgan fingerprint density at radius 1 is 1.06 bits per heavy atom. The highest BCUT2D eigenvalue weighted by Crippen LogP contribution is 2.39. The second-order valence-electron chi connectivity index (χ2n) is 8.43. The van der Waals surface area contributed by atoms with Gasteiger partial charge in [-0.2, -0.15) is 5.10 Å². The van der Waals surface area contributed by atoms with Gasteiger partial charge in [-0.15, -0.1) is 0 Å². The summed E-state index contributed by atoms with van der Waals surface area (Å²) in [5.41, 5.74) is 8.23. The van der Waals surface area contributed by atoms with Gasteiger partial charge in [0.05, 0.1) is 31.4 Å². The lowest BCUT2D eigenvalue weighted by Gasteiger charge is -2.19. The van der Waals surface area contributed by atoms with Crippen LogP contribution in [0.1, 0.15) is 53.1 Å². The van der Waals surface area contributed by atoms with Crippen LogP contribution in [-0.2, 0) is 12.8 Å². The van der Waals surface area contributed by atoms with E-state index in [1.54, 1.807) is 14.2 Å². The molecule has 2 heterocycles. The second-order valence-corrected chi connectivity index (χ2v) is 8.43. The number of rotatable bonds is 4. The molecule has 3 aromatic rings. The molecule has 2 aromatic carbocycles. The van der Waals surface area contributed by atoms with Gasteiger partial charge in [-0.1, -0.05) is 0 Å². The Morgan fingerprint density at radius 3 is 2.44 bits per heavy atom. The smallest absolute Gasteiger partial charge is 0.339 e. The van der Waals surface area contributed by atoms with Crippen LogP contribution in [0.4, 0.5) is 0 Å². The van der Waals surface area contributed by atoms with Crippen molar-refractivity contribution >= 4 is 16.7 Å². The monoisotopic (exact) mass is 434 g/mol. The molecule has 0 radical (unpaired) electrons. The summed E-state index contributed by atoms with van der Waals surface area (Å²) in [6.07, 6.45) is 4.01. The minimum absolute atomic E-state index is 0.0777. The van der Waals surface area contributed by atoms with Gasteiger partial charge in [0.1, 0.15) is 22.8 Å². The van der Waals surface area contributed by atoms with E-state index in [4.69, 9.17) is 13.9 Å². The summed E-state index contributed by atoms with van der Waals surface area (Å²) in [4.78, 5) is 12.4. The lowest BCUT2D eigenvalue weighted by atomic mass is 9.87. The Morgan fingerprint density at radius 2 is 1.75 bits per heavy atom. The normalized spacial score (nSPS) is 17.6. The maximum atomic E-state index is 12.4. The van der Waals surface area contributed by atoms with Crippen molar-refractivity contribution in [3.05, 3.63) is 62.5 Å². The first-order chi connectivity index (χ1) is 15.5. The van der Waals surface area contributed by atoms with Crippen LogP contribution in [0.5, 0.6) is 17.2 Å². The second kappa shape index (κ2) is 7.89. The predicted molar refractivity (Wildman–Crippen MR) is 122 cm³/mol. The molecule has 0 amide bonds. The van der Waals surface area contributed by atoms with Crippen molar-refractivity contribution in [1.82, 2.24) is 5.43 Å². The fraction of sp³-hybridized carbons (Fsp3) is 0.360. The summed E-state index contributed by atoms with van der Waals surface area (Å²) < 4.78 is 16.4. The average molecular weight is 434 g/mol. The van der Waals surface area contributed by atoms with Crippen molar-refractivity contribution in [2.75, 3.05) is 14.2 Å². The van der Waals surface area contributed by atoms with E-state index in [0.29, 0.717) is 46.4 Å². The molecular formula is C25H26N2O5. The molecule has 0 fully saturated rings. The van der Waals surface area contributed by atoms with Gasteiger partial charge in [-0.05, 0) is 67.5 Å². The van der Waals surface area contributed by atoms with Crippen LogP contribution >= 0.6 is 0 Å². The van der Waals surface area contributed by atoms with E-state index in [2.05, 4.69) is 10.5 Å². The van der Waals surface area contributed by atoms with Crippen molar-refractivity contribution in [1.29, 1.82) is 0 Å². The first kappa shape index (κ1) is 20.4. The number of aryl methyl sites for hydroxylation is 2. The molecule has 166 valence electrons. The minimum Gasteiger partial charge on any atom is -0.506 e. The van der Waals surface area contributed by atoms with Gasteiger partial charge < -0.3 is 24.4 Å². The highest BCUT2D eigenvalue weighted by atomic mass is 16.5. The van der Waals surface area contributed by atoms with E-state index < -0.39 is 0 Å². The number of nitrogens with one attached hydrogen (secondary N) is 1. The molecule has 32 heavy (non-hydrogen) atoms. The molecule has 1 aliphatic heterocycles. The lowest BCUT2D eigenvalue weighted by molar-refractivity contribution is 0.392. The van der Waals surface area contributed by atoms with E-state index in [0.717, 1.165) is 41.7 Å². The molecule has 1 aliphatic carbocycles. The van der Waals surface area contributed by atoms with Gasteiger partial charge >= 0.3 is 5.63 Å². The molecule has 7 heteroatoms. The summed E-state index contributed by atoms with van der Waals surface area (Å²) in [5.74, 6) is 1.56. The third kappa shape index (κ3) is 3.28. The fourth-order valence-electron chi connectivity index (χ4n) is 4.90. The predicted octanol–water partition coefficient (Wildman–Crippen LogP) is 4.14. The van der Waals surface area contributed by atoms with Crippen LogP contribution in [0.15, 0.2) is 38.6 Å². The van der Waals surface area contributed by atoms with E-state index in [1.807, 2.05) is 31.2 Å². The summed E-state index contributed by atoms with van der Waals surface area (Å²) >= 11 is 0. The molecule has 0 saturated heterocycles. The van der Waals surface area contributed by atoms with E-state index in [1.165, 1.54) is 0 Å². The standard InChI is InChI=1S/C25H26N2O5/c1-13-8-21-23(17-6-4-5-7-18(17)25(29)32-21)24(28)22(13)20-12-19(26-27-20)14-9-15(30-2)11-16(10-14)31-3/h8-11,19,26,28H,4-7,12H2,1-3H3. The molecule has 1 atom stereocenters. The van der Waals surface area contributed by atoms with Gasteiger partial charge in [-0.3, -0.25) is 0 Å². The number of benzene rings is 2. The van der Waals surface area contributed by atoms with Gasteiger partial charge in [0.25, 0.3) is 0 Å². The SMILES string of the molecule is COc1cc(OC)cc(C2CC(c3c(C)cc4oc(=O)c5c(c4c3O)CCCC5)=NN2)c1. The number of methoxy groups -OCH3 is 2. The number of hydrazone groups is 1. The summed E-state index contributed by atoms with van der Waals surface area (Å²) in [7, 11) is 3.25. The number of nitrogens with zero attached hydrogens (tertiary/aromatic N) is 1. The van der Waals surface area contributed by atoms with Crippen molar-refractivity contribution in [2.24, 2.45) is 5.10 Å². The van der Waals surface area contributed by atoms with Gasteiger partial charge in [-0.25, -0.2) is 4.79 Å². The largest absolute Gasteiger partial charge is 0.506 e. The zero-order valence-corrected chi connectivity index (χ0v) is 18.4. The Labute approximate surface area is 185 Å². The van der Waals surface area contributed by atoms with Gasteiger partial charge in [0, 0.05) is 23.6 Å². The average Bonchev–Trinajstić information content (AvgIpc) is 3.28. The quantitative estimate of drug-likeness (QED) is 0.600. The molecule has 0 saturated carbocycles. The Bertz CT molecular complexity index is 1290. The Kier molecular flexibility index (Phi) is 5.04. The van der Waals surface area contributed by atoms with Crippen LogP contribution in [0.25, 0.3) is 11.0 Å². The van der Waals surface area contributed by atoms with Crippen LogP contribution in [0, 0.1) is 6.92 Å². The summed E-state index contributed by atoms with van der Waals surface area (Å²) in [6.45, 7) is 1.90. The van der Waals surface area contributed by atoms with Crippen molar-refractivity contribution < 1.29 is 19.0 Å². The number of hydrogen-bond donors (Lipinski definition) is 2. The third-order valence-corrected chi connectivity index (χ3v) is 6.50. The highest BCUT2D eigenvalue weighted by molar-refractivity contribution is 6.09. The first-order valence-electron chi connectivity index (χ1n) is 10.9. The maximum absolute atomic E-state index is 12.4. The number of aromatic hydroxyl groups is 1. The zero-order chi connectivity index (χ0) is 22.4. The molecular weight excluding hydrogens is 408 g/mol. The molecule has 1 aromatic heterocycles. The lowest BCUT2D eigenvalue weighted by Crippen LogP contribution is -2.16. The Hall–Kier alpha value is -3.48. The summed E-state index contributed by atoms with van der Waals surface area (Å²) in [6, 6.07) is 7.50. The van der Waals surface area contributed by atoms with Gasteiger partial charge in [0.2, 0.25) is 0 Å². The minimum atomic E-state index is -0.286. The van der Waals surface area contributed by atoms with E-state index >= 15 is 0 Å². The number of phenols is 1. The maximum Gasteiger partial charge on any atom is 0.339 e. The van der Waals surface area contributed by atoms with E-state index in [-0.39, 0.29) is 17.4 Å². The zero-order valence-electron chi connectivity index (χ0n) is 18.4. The molecule has 2 aliphatic rings. The number of hydrogen-bond acceptors (Lipinski definition) is 7. The Balaban J connectivity index is 1.56. The van der Waals surface area contributed by atoms with Crippen molar-refractivity contribution in [3.8, 4) is 17.2 Å². The molecule has 1 unspecified atom stereocenters. The molecule has 0 spiro atoms. The van der Waals surface area contributed by atoms with Crippen LogP contribution < -0.4 is 20.5 Å². The third-order valence-electron chi connectivity index (χ3n) is 6.50. The van der Waals surface area contributed by atoms with Crippen LogP contribution in [0.3, 0.4) is 0 Å².